The molecule has 0 atom stereocenters. The first kappa shape index (κ1) is 14.2. The van der Waals surface area contributed by atoms with Gasteiger partial charge in [-0.2, -0.15) is 0 Å². The lowest BCUT2D eigenvalue weighted by molar-refractivity contribution is 0.0954. The van der Waals surface area contributed by atoms with Gasteiger partial charge in [-0.3, -0.25) is 4.79 Å². The molecule has 0 unspecified atom stereocenters. The van der Waals surface area contributed by atoms with Crippen molar-refractivity contribution in [2.45, 2.75) is 6.54 Å². The van der Waals surface area contributed by atoms with Crippen LogP contribution < -0.4 is 11.1 Å². The number of hydrogen-bond acceptors (Lipinski definition) is 4. The highest BCUT2D eigenvalue weighted by atomic mass is 16.1. The molecule has 2 heterocycles. The predicted molar refractivity (Wildman–Crippen MR) is 84.5 cm³/mol. The fourth-order valence-corrected chi connectivity index (χ4v) is 2.26. The van der Waals surface area contributed by atoms with E-state index in [9.17, 15) is 4.79 Å². The van der Waals surface area contributed by atoms with Crippen LogP contribution in [0.25, 0.3) is 11.2 Å². The quantitative estimate of drug-likeness (QED) is 0.740. The lowest BCUT2D eigenvalue weighted by Gasteiger charge is -2.05. The van der Waals surface area contributed by atoms with Gasteiger partial charge >= 0.3 is 0 Å². The van der Waals surface area contributed by atoms with Gasteiger partial charge in [-0.1, -0.05) is 30.3 Å². The molecule has 112 valence electrons. The van der Waals surface area contributed by atoms with Crippen LogP contribution in [0.1, 0.15) is 15.9 Å². The first-order valence-electron chi connectivity index (χ1n) is 7.11. The maximum atomic E-state index is 11.9. The molecule has 2 aromatic heterocycles. The van der Waals surface area contributed by atoms with Crippen molar-refractivity contribution in [2.75, 3.05) is 13.1 Å². The average Bonchev–Trinajstić information content (AvgIpc) is 2.96. The number of rotatable bonds is 5. The molecule has 0 aliphatic heterocycles. The molecule has 1 aromatic carbocycles. The molecular weight excluding hydrogens is 278 g/mol. The second-order valence-corrected chi connectivity index (χ2v) is 4.97. The van der Waals surface area contributed by atoms with Crippen molar-refractivity contribution in [3.63, 3.8) is 0 Å². The number of fused-ring (bicyclic) bond motifs is 1. The number of nitrogens with zero attached hydrogens (tertiary/aromatic N) is 3. The van der Waals surface area contributed by atoms with E-state index < -0.39 is 0 Å². The standard InChI is InChI=1S/C16H17N5O/c17-6-7-18-16(22)13-8-14-15(19-9-13)21(11-20-14)10-12-4-2-1-3-5-12/h1-5,8-9,11H,6-7,10,17H2,(H,18,22). The van der Waals surface area contributed by atoms with Gasteiger partial charge in [-0.15, -0.1) is 0 Å². The van der Waals surface area contributed by atoms with Crippen LogP contribution in [0, 0.1) is 0 Å². The minimum absolute atomic E-state index is 0.183. The summed E-state index contributed by atoms with van der Waals surface area (Å²) >= 11 is 0. The molecule has 0 spiro atoms. The largest absolute Gasteiger partial charge is 0.351 e. The number of pyridine rings is 1. The summed E-state index contributed by atoms with van der Waals surface area (Å²) in [7, 11) is 0. The highest BCUT2D eigenvalue weighted by Gasteiger charge is 2.10. The molecule has 1 amide bonds. The average molecular weight is 295 g/mol. The fourth-order valence-electron chi connectivity index (χ4n) is 2.26. The Balaban J connectivity index is 1.85. The molecule has 6 heteroatoms. The summed E-state index contributed by atoms with van der Waals surface area (Å²) in [4.78, 5) is 20.6. The van der Waals surface area contributed by atoms with Crippen LogP contribution in [0.2, 0.25) is 0 Å². The normalized spacial score (nSPS) is 10.8. The molecule has 3 N–H and O–H groups in total. The maximum absolute atomic E-state index is 11.9. The van der Waals surface area contributed by atoms with Gasteiger partial charge in [0.2, 0.25) is 0 Å². The van der Waals surface area contributed by atoms with E-state index in [-0.39, 0.29) is 5.91 Å². The lowest BCUT2D eigenvalue weighted by Crippen LogP contribution is -2.29. The van der Waals surface area contributed by atoms with Crippen LogP contribution in [0.15, 0.2) is 48.9 Å². The summed E-state index contributed by atoms with van der Waals surface area (Å²) in [6, 6.07) is 11.8. The third-order valence-corrected chi connectivity index (χ3v) is 3.34. The van der Waals surface area contributed by atoms with Crippen LogP contribution in [-0.4, -0.2) is 33.5 Å². The Bertz CT molecular complexity index is 782. The van der Waals surface area contributed by atoms with Crippen molar-refractivity contribution >= 4 is 17.1 Å². The summed E-state index contributed by atoms with van der Waals surface area (Å²) < 4.78 is 1.96. The summed E-state index contributed by atoms with van der Waals surface area (Å²) in [5.41, 5.74) is 8.51. The number of nitrogens with two attached hydrogens (primary N) is 1. The van der Waals surface area contributed by atoms with Crippen molar-refractivity contribution in [1.29, 1.82) is 0 Å². The van der Waals surface area contributed by atoms with Crippen molar-refractivity contribution in [1.82, 2.24) is 19.9 Å². The molecule has 0 saturated heterocycles. The third kappa shape index (κ3) is 2.96. The number of carbonyl (C=O) groups is 1. The highest BCUT2D eigenvalue weighted by molar-refractivity contribution is 5.96. The van der Waals surface area contributed by atoms with Crippen LogP contribution in [0.3, 0.4) is 0 Å². The Kier molecular flexibility index (Phi) is 4.11. The van der Waals surface area contributed by atoms with E-state index in [1.165, 1.54) is 5.56 Å². The van der Waals surface area contributed by atoms with E-state index in [0.29, 0.717) is 30.7 Å². The topological polar surface area (TPSA) is 85.8 Å². The Hall–Kier alpha value is -2.73. The Morgan fingerprint density at radius 3 is 2.82 bits per heavy atom. The van der Waals surface area contributed by atoms with Crippen LogP contribution in [0.4, 0.5) is 0 Å². The Morgan fingerprint density at radius 2 is 2.05 bits per heavy atom. The molecule has 0 saturated carbocycles. The lowest BCUT2D eigenvalue weighted by atomic mass is 10.2. The van der Waals surface area contributed by atoms with E-state index in [4.69, 9.17) is 5.73 Å². The third-order valence-electron chi connectivity index (χ3n) is 3.34. The van der Waals surface area contributed by atoms with Gasteiger partial charge in [0.05, 0.1) is 18.4 Å². The van der Waals surface area contributed by atoms with E-state index in [1.807, 2.05) is 22.8 Å². The highest BCUT2D eigenvalue weighted by Crippen LogP contribution is 2.14. The minimum atomic E-state index is -0.183. The summed E-state index contributed by atoms with van der Waals surface area (Å²) in [5.74, 6) is -0.183. The van der Waals surface area contributed by atoms with Crippen LogP contribution in [-0.2, 0) is 6.54 Å². The number of hydrogen-bond donors (Lipinski definition) is 2. The SMILES string of the molecule is NCCNC(=O)c1cnc2c(c1)ncn2Cc1ccccc1. The molecule has 0 aliphatic rings. The molecule has 6 nitrogen and oxygen atoms in total. The molecule has 3 rings (SSSR count). The molecule has 0 fully saturated rings. The number of imidazole rings is 1. The minimum Gasteiger partial charge on any atom is -0.351 e. The first-order valence-corrected chi connectivity index (χ1v) is 7.11. The number of aromatic nitrogens is 3. The van der Waals surface area contributed by atoms with Gasteiger partial charge in [0.25, 0.3) is 5.91 Å². The van der Waals surface area contributed by atoms with E-state index in [1.54, 1.807) is 18.6 Å². The second kappa shape index (κ2) is 6.36. The smallest absolute Gasteiger partial charge is 0.252 e. The molecular formula is C16H17N5O. The van der Waals surface area contributed by atoms with Crippen molar-refractivity contribution in [3.8, 4) is 0 Å². The predicted octanol–water partition coefficient (Wildman–Crippen LogP) is 1.17. The summed E-state index contributed by atoms with van der Waals surface area (Å²) in [5, 5.41) is 2.72. The van der Waals surface area contributed by atoms with Gasteiger partial charge < -0.3 is 15.6 Å². The van der Waals surface area contributed by atoms with E-state index in [0.717, 1.165) is 5.65 Å². The van der Waals surface area contributed by atoms with Crippen LogP contribution >= 0.6 is 0 Å². The Morgan fingerprint density at radius 1 is 1.23 bits per heavy atom. The molecule has 0 bridgehead atoms. The molecule has 22 heavy (non-hydrogen) atoms. The number of carbonyl (C=O) groups excluding carboxylic acids is 1. The van der Waals surface area contributed by atoms with Gasteiger partial charge in [-0.25, -0.2) is 9.97 Å². The maximum Gasteiger partial charge on any atom is 0.252 e. The number of amides is 1. The van der Waals surface area contributed by atoms with Crippen molar-refractivity contribution < 1.29 is 4.79 Å². The van der Waals surface area contributed by atoms with Gasteiger partial charge in [-0.05, 0) is 11.6 Å². The van der Waals surface area contributed by atoms with Crippen molar-refractivity contribution in [3.05, 3.63) is 60.0 Å². The molecule has 0 aliphatic carbocycles. The Labute approximate surface area is 128 Å². The van der Waals surface area contributed by atoms with E-state index >= 15 is 0 Å². The van der Waals surface area contributed by atoms with Gasteiger partial charge in [0, 0.05) is 19.3 Å². The first-order chi connectivity index (χ1) is 10.8. The fraction of sp³-hybridized carbons (Fsp3) is 0.188. The van der Waals surface area contributed by atoms with E-state index in [2.05, 4.69) is 27.4 Å². The zero-order valence-electron chi connectivity index (χ0n) is 12.1. The zero-order chi connectivity index (χ0) is 15.4. The van der Waals surface area contributed by atoms with Crippen LogP contribution in [0.5, 0.6) is 0 Å². The van der Waals surface area contributed by atoms with Gasteiger partial charge in [0.1, 0.15) is 5.52 Å². The monoisotopic (exact) mass is 295 g/mol. The summed E-state index contributed by atoms with van der Waals surface area (Å²) in [6.45, 7) is 1.55. The van der Waals surface area contributed by atoms with Crippen molar-refractivity contribution in [2.24, 2.45) is 5.73 Å². The number of benzene rings is 1. The zero-order valence-corrected chi connectivity index (χ0v) is 12.1. The number of nitrogens with one attached hydrogen (secondary N) is 1. The molecule has 0 radical (unpaired) electrons. The van der Waals surface area contributed by atoms with Gasteiger partial charge in [0.15, 0.2) is 5.65 Å². The second-order valence-electron chi connectivity index (χ2n) is 4.97. The summed E-state index contributed by atoms with van der Waals surface area (Å²) in [6.07, 6.45) is 3.31. The molecule has 3 aromatic rings.